The van der Waals surface area contributed by atoms with Crippen molar-refractivity contribution in [2.75, 3.05) is 6.61 Å². The third-order valence-electron chi connectivity index (χ3n) is 2.19. The van der Waals surface area contributed by atoms with Crippen LogP contribution in [0.1, 0.15) is 12.5 Å². The number of fused-ring (bicyclic) bond motifs is 1. The highest BCUT2D eigenvalue weighted by atomic mass is 79.9. The highest BCUT2D eigenvalue weighted by Gasteiger charge is 2.18. The highest BCUT2D eigenvalue weighted by Crippen LogP contribution is 2.32. The molecule has 4 heteroatoms. The summed E-state index contributed by atoms with van der Waals surface area (Å²) < 4.78 is 19.2. The second-order valence-electron chi connectivity index (χ2n) is 3.32. The quantitative estimate of drug-likeness (QED) is 0.785. The number of halogens is 2. The van der Waals surface area contributed by atoms with Crippen LogP contribution in [0.25, 0.3) is 6.08 Å². The van der Waals surface area contributed by atoms with Crippen LogP contribution in [-0.2, 0) is 4.79 Å². The topological polar surface area (TPSA) is 26.3 Å². The molecule has 15 heavy (non-hydrogen) atoms. The molecule has 0 saturated carbocycles. The number of ether oxygens (including phenoxy) is 1. The fraction of sp³-hybridized carbons (Fsp3) is 0.182. The first kappa shape index (κ1) is 10.4. The van der Waals surface area contributed by atoms with Crippen molar-refractivity contribution < 1.29 is 13.9 Å². The van der Waals surface area contributed by atoms with Gasteiger partial charge in [0.1, 0.15) is 6.61 Å². The van der Waals surface area contributed by atoms with Crippen LogP contribution < -0.4 is 4.74 Å². The molecule has 0 aliphatic carbocycles. The molecule has 0 spiro atoms. The smallest absolute Gasteiger partial charge is 0.166 e. The van der Waals surface area contributed by atoms with Crippen molar-refractivity contribution in [2.45, 2.75) is 6.92 Å². The van der Waals surface area contributed by atoms with E-state index in [4.69, 9.17) is 4.74 Å². The van der Waals surface area contributed by atoms with Crippen molar-refractivity contribution >= 4 is 27.8 Å². The van der Waals surface area contributed by atoms with Gasteiger partial charge in [0.2, 0.25) is 0 Å². The molecular formula is C11H8BrFO2. The number of hydrogen-bond acceptors (Lipinski definition) is 2. The van der Waals surface area contributed by atoms with E-state index in [1.54, 1.807) is 12.1 Å². The van der Waals surface area contributed by atoms with E-state index in [1.165, 1.54) is 13.0 Å². The first-order valence-electron chi connectivity index (χ1n) is 4.41. The third-order valence-corrected chi connectivity index (χ3v) is 2.65. The summed E-state index contributed by atoms with van der Waals surface area (Å²) >= 11 is 3.19. The van der Waals surface area contributed by atoms with Crippen LogP contribution in [0.2, 0.25) is 0 Å². The van der Waals surface area contributed by atoms with Crippen molar-refractivity contribution in [1.29, 1.82) is 0 Å². The van der Waals surface area contributed by atoms with E-state index in [2.05, 4.69) is 15.9 Å². The predicted octanol–water partition coefficient (Wildman–Crippen LogP) is 2.95. The van der Waals surface area contributed by atoms with Gasteiger partial charge in [0.25, 0.3) is 0 Å². The predicted molar refractivity (Wildman–Crippen MR) is 58.3 cm³/mol. The van der Waals surface area contributed by atoms with Crippen molar-refractivity contribution in [3.8, 4) is 5.75 Å². The molecule has 0 bridgehead atoms. The second kappa shape index (κ2) is 3.77. The summed E-state index contributed by atoms with van der Waals surface area (Å²) in [4.78, 5) is 11.1. The van der Waals surface area contributed by atoms with E-state index in [0.717, 1.165) is 0 Å². The Hall–Kier alpha value is -1.16. The Bertz CT molecular complexity index is 466. The lowest BCUT2D eigenvalue weighted by Gasteiger charge is -2.17. The van der Waals surface area contributed by atoms with Crippen molar-refractivity contribution in [2.24, 2.45) is 0 Å². The number of Topliss-reactive ketones (excluding diaryl/α,β-unsaturated/α-hetero) is 1. The van der Waals surface area contributed by atoms with Crippen LogP contribution in [0.15, 0.2) is 22.2 Å². The van der Waals surface area contributed by atoms with Crippen LogP contribution in [0.3, 0.4) is 0 Å². The van der Waals surface area contributed by atoms with E-state index in [0.29, 0.717) is 15.6 Å². The van der Waals surface area contributed by atoms with Crippen LogP contribution in [0, 0.1) is 5.82 Å². The molecule has 78 valence electrons. The lowest BCUT2D eigenvalue weighted by atomic mass is 10.1. The summed E-state index contributed by atoms with van der Waals surface area (Å²) in [7, 11) is 0. The molecule has 1 heterocycles. The molecule has 0 saturated heterocycles. The van der Waals surface area contributed by atoms with Crippen molar-refractivity contribution in [3.05, 3.63) is 33.6 Å². The van der Waals surface area contributed by atoms with Crippen LogP contribution in [-0.4, -0.2) is 12.4 Å². The van der Waals surface area contributed by atoms with Gasteiger partial charge in [0, 0.05) is 15.6 Å². The monoisotopic (exact) mass is 270 g/mol. The summed E-state index contributed by atoms with van der Waals surface area (Å²) in [6, 6.07) is 3.06. The summed E-state index contributed by atoms with van der Waals surface area (Å²) in [5.41, 5.74) is 1.15. The molecule has 0 unspecified atom stereocenters. The van der Waals surface area contributed by atoms with E-state index in [-0.39, 0.29) is 18.1 Å². The Kier molecular flexibility index (Phi) is 2.61. The molecule has 0 aromatic heterocycles. The molecule has 1 aromatic rings. The maximum atomic E-state index is 13.4. The normalized spacial score (nSPS) is 13.9. The summed E-state index contributed by atoms with van der Waals surface area (Å²) in [5, 5.41) is 0. The van der Waals surface area contributed by atoms with E-state index >= 15 is 0 Å². The molecule has 2 rings (SSSR count). The summed E-state index contributed by atoms with van der Waals surface area (Å²) in [6.07, 6.45) is 1.66. The molecule has 0 fully saturated rings. The first-order valence-corrected chi connectivity index (χ1v) is 5.20. The summed E-state index contributed by atoms with van der Waals surface area (Å²) in [5.74, 6) is -0.262. The van der Waals surface area contributed by atoms with E-state index in [9.17, 15) is 9.18 Å². The molecule has 0 radical (unpaired) electrons. The van der Waals surface area contributed by atoms with Gasteiger partial charge in [-0.15, -0.1) is 0 Å². The Balaban J connectivity index is 2.54. The zero-order valence-corrected chi connectivity index (χ0v) is 9.60. The molecule has 2 nitrogen and oxygen atoms in total. The van der Waals surface area contributed by atoms with Crippen molar-refractivity contribution in [3.63, 3.8) is 0 Å². The average molecular weight is 271 g/mol. The minimum atomic E-state index is -0.418. The first-order chi connectivity index (χ1) is 7.08. The highest BCUT2D eigenvalue weighted by molar-refractivity contribution is 9.10. The molecule has 1 aliphatic rings. The zero-order chi connectivity index (χ0) is 11.0. The fourth-order valence-corrected chi connectivity index (χ4v) is 1.87. The Morgan fingerprint density at radius 2 is 2.27 bits per heavy atom. The van der Waals surface area contributed by atoms with Gasteiger partial charge in [-0.05, 0) is 25.1 Å². The molecule has 1 aromatic carbocycles. The number of benzene rings is 1. The minimum Gasteiger partial charge on any atom is -0.485 e. The maximum Gasteiger partial charge on any atom is 0.166 e. The number of hydrogen-bond donors (Lipinski definition) is 0. The largest absolute Gasteiger partial charge is 0.485 e. The Morgan fingerprint density at radius 1 is 1.53 bits per heavy atom. The van der Waals surface area contributed by atoms with Crippen molar-refractivity contribution in [1.82, 2.24) is 0 Å². The fourth-order valence-electron chi connectivity index (χ4n) is 1.42. The van der Waals surface area contributed by atoms with Gasteiger partial charge >= 0.3 is 0 Å². The molecule has 0 amide bonds. The van der Waals surface area contributed by atoms with Gasteiger partial charge in [-0.3, -0.25) is 4.79 Å². The summed E-state index contributed by atoms with van der Waals surface area (Å²) in [6.45, 7) is 1.61. The lowest BCUT2D eigenvalue weighted by Crippen LogP contribution is -2.13. The average Bonchev–Trinajstić information content (AvgIpc) is 2.16. The lowest BCUT2D eigenvalue weighted by molar-refractivity contribution is -0.113. The van der Waals surface area contributed by atoms with Gasteiger partial charge in [0.15, 0.2) is 17.3 Å². The van der Waals surface area contributed by atoms with Crippen LogP contribution >= 0.6 is 15.9 Å². The maximum absolute atomic E-state index is 13.4. The molecule has 0 N–H and O–H groups in total. The number of ketones is 1. The Labute approximate surface area is 94.9 Å². The number of carbonyl (C=O) groups is 1. The minimum absolute atomic E-state index is 0.0546. The SMILES string of the molecule is CC(=O)C1=Cc2cc(Br)cc(F)c2OC1. The Morgan fingerprint density at radius 3 is 2.93 bits per heavy atom. The van der Waals surface area contributed by atoms with Gasteiger partial charge in [-0.25, -0.2) is 4.39 Å². The van der Waals surface area contributed by atoms with E-state index < -0.39 is 5.82 Å². The molecule has 1 aliphatic heterocycles. The molecular weight excluding hydrogens is 263 g/mol. The zero-order valence-electron chi connectivity index (χ0n) is 8.01. The van der Waals surface area contributed by atoms with Crippen LogP contribution in [0.4, 0.5) is 4.39 Å². The van der Waals surface area contributed by atoms with Gasteiger partial charge < -0.3 is 4.74 Å². The second-order valence-corrected chi connectivity index (χ2v) is 4.24. The van der Waals surface area contributed by atoms with E-state index in [1.807, 2.05) is 0 Å². The standard InChI is InChI=1S/C11H8BrFO2/c1-6(14)8-2-7-3-9(12)4-10(13)11(7)15-5-8/h2-4H,5H2,1H3. The van der Waals surface area contributed by atoms with Crippen LogP contribution in [0.5, 0.6) is 5.75 Å². The van der Waals surface area contributed by atoms with Gasteiger partial charge in [-0.2, -0.15) is 0 Å². The van der Waals surface area contributed by atoms with Gasteiger partial charge in [-0.1, -0.05) is 15.9 Å². The van der Waals surface area contributed by atoms with Gasteiger partial charge in [0.05, 0.1) is 0 Å². The molecule has 0 atom stereocenters. The third kappa shape index (κ3) is 1.95. The number of carbonyl (C=O) groups excluding carboxylic acids is 1. The number of rotatable bonds is 1.